The van der Waals surface area contributed by atoms with Crippen molar-refractivity contribution in [2.75, 3.05) is 6.61 Å². The first-order chi connectivity index (χ1) is 15.5. The van der Waals surface area contributed by atoms with E-state index in [1.54, 1.807) is 24.3 Å². The summed E-state index contributed by atoms with van der Waals surface area (Å²) < 4.78 is 44.3. The fourth-order valence-corrected chi connectivity index (χ4v) is 4.58. The Bertz CT molecular complexity index is 1270. The predicted molar refractivity (Wildman–Crippen MR) is 117 cm³/mol. The molecule has 9 heteroatoms. The molecule has 4 rings (SSSR count). The zero-order chi connectivity index (χ0) is 22.6. The number of rotatable bonds is 9. The van der Waals surface area contributed by atoms with Gasteiger partial charge in [0.15, 0.2) is 0 Å². The summed E-state index contributed by atoms with van der Waals surface area (Å²) in [5, 5.41) is 4.04. The smallest absolute Gasteiger partial charge is 0.243 e. The predicted octanol–water partition coefficient (Wildman–Crippen LogP) is 4.43. The van der Waals surface area contributed by atoms with Gasteiger partial charge < -0.3 is 13.7 Å². The Kier molecular flexibility index (Phi) is 6.38. The first kappa shape index (κ1) is 21.8. The molecular formula is C23H23N3O5S. The number of hydrogen-bond acceptors (Lipinski definition) is 7. The van der Waals surface area contributed by atoms with E-state index in [2.05, 4.69) is 10.1 Å². The van der Waals surface area contributed by atoms with Gasteiger partial charge in [-0.1, -0.05) is 29.4 Å². The topological polar surface area (TPSA) is 98.7 Å². The van der Waals surface area contributed by atoms with E-state index in [1.165, 1.54) is 22.7 Å². The van der Waals surface area contributed by atoms with Crippen LogP contribution in [0.2, 0.25) is 0 Å². The number of sulfonamides is 1. The molecular weight excluding hydrogens is 430 g/mol. The van der Waals surface area contributed by atoms with Crippen molar-refractivity contribution in [3.05, 3.63) is 84.1 Å². The van der Waals surface area contributed by atoms with Gasteiger partial charge in [0.25, 0.3) is 0 Å². The maximum Gasteiger partial charge on any atom is 0.243 e. The highest BCUT2D eigenvalue weighted by Gasteiger charge is 2.28. The van der Waals surface area contributed by atoms with Gasteiger partial charge in [0.2, 0.25) is 21.7 Å². The van der Waals surface area contributed by atoms with Gasteiger partial charge in [0.1, 0.15) is 11.5 Å². The van der Waals surface area contributed by atoms with Crippen molar-refractivity contribution < 1.29 is 22.1 Å². The van der Waals surface area contributed by atoms with Crippen molar-refractivity contribution in [1.29, 1.82) is 0 Å². The van der Waals surface area contributed by atoms with Crippen molar-refractivity contribution in [3.8, 4) is 17.1 Å². The van der Waals surface area contributed by atoms with Crippen molar-refractivity contribution >= 4 is 10.0 Å². The molecule has 0 unspecified atom stereocenters. The van der Waals surface area contributed by atoms with Crippen LogP contribution in [0.3, 0.4) is 0 Å². The molecule has 0 aliphatic rings. The monoisotopic (exact) mass is 453 g/mol. The Morgan fingerprint density at radius 2 is 1.78 bits per heavy atom. The van der Waals surface area contributed by atoms with Crippen LogP contribution in [0.15, 0.2) is 80.8 Å². The fourth-order valence-electron chi connectivity index (χ4n) is 3.23. The number of aromatic nitrogens is 2. The second kappa shape index (κ2) is 9.37. The molecule has 0 N–H and O–H groups in total. The van der Waals surface area contributed by atoms with Gasteiger partial charge in [-0.05, 0) is 55.8 Å². The summed E-state index contributed by atoms with van der Waals surface area (Å²) in [5.74, 6) is 1.70. The molecule has 0 radical (unpaired) electrons. The van der Waals surface area contributed by atoms with Crippen LogP contribution in [0, 0.1) is 6.92 Å². The Balaban J connectivity index is 1.63. The molecule has 0 spiro atoms. The molecule has 32 heavy (non-hydrogen) atoms. The molecule has 0 atom stereocenters. The van der Waals surface area contributed by atoms with Gasteiger partial charge in [-0.3, -0.25) is 0 Å². The van der Waals surface area contributed by atoms with Gasteiger partial charge in [0.05, 0.1) is 30.9 Å². The number of nitrogens with zero attached hydrogens (tertiary/aromatic N) is 3. The van der Waals surface area contributed by atoms with E-state index >= 15 is 0 Å². The van der Waals surface area contributed by atoms with Crippen molar-refractivity contribution in [2.45, 2.75) is 31.8 Å². The first-order valence-corrected chi connectivity index (χ1v) is 11.6. The largest absolute Gasteiger partial charge is 0.494 e. The Morgan fingerprint density at radius 3 is 2.47 bits per heavy atom. The lowest BCUT2D eigenvalue weighted by molar-refractivity contribution is 0.297. The fraction of sp³-hybridized carbons (Fsp3) is 0.217. The van der Waals surface area contributed by atoms with Crippen molar-refractivity contribution in [1.82, 2.24) is 14.4 Å². The molecule has 0 fully saturated rings. The molecule has 0 bridgehead atoms. The maximum atomic E-state index is 13.4. The molecule has 2 heterocycles. The lowest BCUT2D eigenvalue weighted by Crippen LogP contribution is -2.30. The van der Waals surface area contributed by atoms with E-state index in [9.17, 15) is 8.42 Å². The number of aryl methyl sites for hydroxylation is 1. The number of ether oxygens (including phenoxy) is 1. The first-order valence-electron chi connectivity index (χ1n) is 10.1. The minimum Gasteiger partial charge on any atom is -0.494 e. The summed E-state index contributed by atoms with van der Waals surface area (Å²) in [6, 6.07) is 17.4. The van der Waals surface area contributed by atoms with Crippen LogP contribution in [0.25, 0.3) is 11.4 Å². The summed E-state index contributed by atoms with van der Waals surface area (Å²) in [6.45, 7) is 4.23. The van der Waals surface area contributed by atoms with E-state index in [-0.39, 0.29) is 23.9 Å². The normalized spacial score (nSPS) is 11.7. The standard InChI is InChI=1S/C23H23N3O5S/c1-3-29-18-10-12-20(13-11-18)32(27,28)26(15-19-8-6-14-30-19)16-22-24-23(25-31-22)21-9-5-4-7-17(21)2/h4-14H,3,15-16H2,1-2H3. The molecule has 8 nitrogen and oxygen atoms in total. The highest BCUT2D eigenvalue weighted by atomic mass is 32.2. The Morgan fingerprint density at radius 1 is 1.00 bits per heavy atom. The summed E-state index contributed by atoms with van der Waals surface area (Å²) in [7, 11) is -3.88. The molecule has 2 aromatic carbocycles. The quantitative estimate of drug-likeness (QED) is 0.370. The average Bonchev–Trinajstić information content (AvgIpc) is 3.47. The Hall–Kier alpha value is -3.43. The van der Waals surface area contributed by atoms with Crippen LogP contribution in [0.5, 0.6) is 5.75 Å². The lowest BCUT2D eigenvalue weighted by atomic mass is 10.1. The third kappa shape index (κ3) is 4.74. The molecule has 0 aliphatic heterocycles. The van der Waals surface area contributed by atoms with Crippen LogP contribution in [0.4, 0.5) is 0 Å². The van der Waals surface area contributed by atoms with Gasteiger partial charge in [0, 0.05) is 5.56 Å². The average molecular weight is 454 g/mol. The maximum absolute atomic E-state index is 13.4. The van der Waals surface area contributed by atoms with E-state index < -0.39 is 10.0 Å². The highest BCUT2D eigenvalue weighted by molar-refractivity contribution is 7.89. The molecule has 4 aromatic rings. The molecule has 0 amide bonds. The van der Waals surface area contributed by atoms with Crippen molar-refractivity contribution in [3.63, 3.8) is 0 Å². The number of hydrogen-bond donors (Lipinski definition) is 0. The molecule has 2 aromatic heterocycles. The number of benzene rings is 2. The van der Waals surface area contributed by atoms with E-state index in [4.69, 9.17) is 13.7 Å². The van der Waals surface area contributed by atoms with E-state index in [0.717, 1.165) is 11.1 Å². The third-order valence-corrected chi connectivity index (χ3v) is 6.66. The van der Waals surface area contributed by atoms with Gasteiger partial charge in [-0.25, -0.2) is 8.42 Å². The van der Waals surface area contributed by atoms with Crippen molar-refractivity contribution in [2.24, 2.45) is 0 Å². The lowest BCUT2D eigenvalue weighted by Gasteiger charge is -2.19. The van der Waals surface area contributed by atoms with Crippen LogP contribution >= 0.6 is 0 Å². The number of furan rings is 1. The van der Waals surface area contributed by atoms with Crippen LogP contribution < -0.4 is 4.74 Å². The van der Waals surface area contributed by atoms with E-state index in [1.807, 2.05) is 38.1 Å². The molecule has 0 saturated heterocycles. The van der Waals surface area contributed by atoms with Crippen LogP contribution in [-0.2, 0) is 23.1 Å². The minimum absolute atomic E-state index is 0.0185. The summed E-state index contributed by atoms with van der Waals surface area (Å²) in [6.07, 6.45) is 1.50. The van der Waals surface area contributed by atoms with Crippen LogP contribution in [-0.4, -0.2) is 29.5 Å². The summed E-state index contributed by atoms with van der Waals surface area (Å²) >= 11 is 0. The zero-order valence-corrected chi connectivity index (χ0v) is 18.6. The molecule has 166 valence electrons. The van der Waals surface area contributed by atoms with E-state index in [0.29, 0.717) is 23.9 Å². The molecule has 0 saturated carbocycles. The van der Waals surface area contributed by atoms with Gasteiger partial charge >= 0.3 is 0 Å². The van der Waals surface area contributed by atoms with Gasteiger partial charge in [-0.2, -0.15) is 9.29 Å². The van der Waals surface area contributed by atoms with Gasteiger partial charge in [-0.15, -0.1) is 0 Å². The van der Waals surface area contributed by atoms with Crippen LogP contribution in [0.1, 0.15) is 24.1 Å². The second-order valence-electron chi connectivity index (χ2n) is 7.08. The highest BCUT2D eigenvalue weighted by Crippen LogP contribution is 2.25. The zero-order valence-electron chi connectivity index (χ0n) is 17.8. The second-order valence-corrected chi connectivity index (χ2v) is 9.02. The third-order valence-electron chi connectivity index (χ3n) is 4.85. The summed E-state index contributed by atoms with van der Waals surface area (Å²) in [4.78, 5) is 4.55. The molecule has 0 aliphatic carbocycles. The Labute approximate surface area is 186 Å². The SMILES string of the molecule is CCOc1ccc(S(=O)(=O)N(Cc2ccco2)Cc2nc(-c3ccccc3C)no2)cc1. The summed E-state index contributed by atoms with van der Waals surface area (Å²) in [5.41, 5.74) is 1.82. The minimum atomic E-state index is -3.88.